The molecule has 1 fully saturated rings. The zero-order valence-corrected chi connectivity index (χ0v) is 19.7. The van der Waals surface area contributed by atoms with Crippen molar-refractivity contribution >= 4 is 50.5 Å². The monoisotopic (exact) mass is 485 g/mol. The summed E-state index contributed by atoms with van der Waals surface area (Å²) in [6.45, 7) is 4.90. The summed E-state index contributed by atoms with van der Waals surface area (Å²) in [5.41, 5.74) is 2.17. The molecule has 168 valence electrons. The van der Waals surface area contributed by atoms with Crippen molar-refractivity contribution in [3.05, 3.63) is 58.1 Å². The zero-order chi connectivity index (χ0) is 22.6. The lowest BCUT2D eigenvalue weighted by molar-refractivity contribution is -0.122. The fourth-order valence-corrected chi connectivity index (χ4v) is 5.02. The molecule has 0 bridgehead atoms. The van der Waals surface area contributed by atoms with Crippen molar-refractivity contribution in [2.75, 3.05) is 41.8 Å². The molecule has 0 aliphatic carbocycles. The van der Waals surface area contributed by atoms with Crippen LogP contribution in [0.15, 0.2) is 42.5 Å². The van der Waals surface area contributed by atoms with E-state index in [-0.39, 0.29) is 17.3 Å². The number of amides is 1. The Bertz CT molecular complexity index is 1030. The average Bonchev–Trinajstić information content (AvgIpc) is 2.74. The number of nitrogens with zero attached hydrogens (tertiary/aromatic N) is 2. The van der Waals surface area contributed by atoms with E-state index in [0.717, 1.165) is 34.9 Å². The van der Waals surface area contributed by atoms with Crippen LogP contribution in [0.25, 0.3) is 0 Å². The highest BCUT2D eigenvalue weighted by molar-refractivity contribution is 7.92. The van der Waals surface area contributed by atoms with Gasteiger partial charge in [-0.15, -0.1) is 0 Å². The summed E-state index contributed by atoms with van der Waals surface area (Å²) in [7, 11) is -3.79. The number of benzene rings is 2. The van der Waals surface area contributed by atoms with E-state index in [1.807, 2.05) is 24.3 Å². The molecule has 1 heterocycles. The fourth-order valence-electron chi connectivity index (χ4n) is 3.42. The molecule has 0 aromatic heterocycles. The number of sulfonamides is 1. The minimum absolute atomic E-state index is 0.161. The van der Waals surface area contributed by atoms with Crippen molar-refractivity contribution in [2.45, 2.75) is 19.5 Å². The number of hydrogen-bond acceptors (Lipinski definition) is 5. The van der Waals surface area contributed by atoms with E-state index in [2.05, 4.69) is 10.2 Å². The molecular weight excluding hydrogens is 461 g/mol. The van der Waals surface area contributed by atoms with Gasteiger partial charge in [-0.3, -0.25) is 9.10 Å². The highest BCUT2D eigenvalue weighted by Gasteiger charge is 2.30. The Hall–Kier alpha value is -2.00. The van der Waals surface area contributed by atoms with E-state index in [0.29, 0.717) is 18.2 Å². The second-order valence-electron chi connectivity index (χ2n) is 7.31. The Labute approximate surface area is 192 Å². The van der Waals surface area contributed by atoms with E-state index < -0.39 is 22.0 Å². The van der Waals surface area contributed by atoms with E-state index in [9.17, 15) is 13.2 Å². The first-order chi connectivity index (χ1) is 14.7. The summed E-state index contributed by atoms with van der Waals surface area (Å²) in [6.07, 6.45) is 1.03. The lowest BCUT2D eigenvalue weighted by Gasteiger charge is -2.29. The molecule has 1 saturated heterocycles. The van der Waals surface area contributed by atoms with Crippen LogP contribution in [0, 0.1) is 0 Å². The van der Waals surface area contributed by atoms with Crippen molar-refractivity contribution in [1.29, 1.82) is 0 Å². The number of halogens is 2. The van der Waals surface area contributed by atoms with Gasteiger partial charge in [-0.05, 0) is 42.8 Å². The van der Waals surface area contributed by atoms with Gasteiger partial charge >= 0.3 is 0 Å². The predicted octanol–water partition coefficient (Wildman–Crippen LogP) is 3.30. The van der Waals surface area contributed by atoms with Crippen molar-refractivity contribution in [2.24, 2.45) is 0 Å². The summed E-state index contributed by atoms with van der Waals surface area (Å²) in [5.74, 6) is -0.446. The molecule has 1 unspecified atom stereocenters. The van der Waals surface area contributed by atoms with E-state index in [4.69, 9.17) is 27.9 Å². The third kappa shape index (κ3) is 6.04. The first-order valence-electron chi connectivity index (χ1n) is 9.80. The molecule has 3 rings (SSSR count). The van der Waals surface area contributed by atoms with Crippen molar-refractivity contribution in [1.82, 2.24) is 5.32 Å². The van der Waals surface area contributed by atoms with Gasteiger partial charge in [-0.25, -0.2) is 8.42 Å². The van der Waals surface area contributed by atoms with Gasteiger partial charge in [-0.1, -0.05) is 35.3 Å². The first kappa shape index (κ1) is 23.7. The Balaban J connectivity index is 1.69. The number of anilines is 2. The highest BCUT2D eigenvalue weighted by Crippen LogP contribution is 2.32. The maximum atomic E-state index is 12.8. The van der Waals surface area contributed by atoms with Crippen LogP contribution < -0.4 is 14.5 Å². The maximum absolute atomic E-state index is 12.8. The Morgan fingerprint density at radius 1 is 1.16 bits per heavy atom. The zero-order valence-electron chi connectivity index (χ0n) is 17.3. The average molecular weight is 486 g/mol. The van der Waals surface area contributed by atoms with E-state index >= 15 is 0 Å². The predicted molar refractivity (Wildman–Crippen MR) is 125 cm³/mol. The largest absolute Gasteiger partial charge is 0.378 e. The Morgan fingerprint density at radius 3 is 2.42 bits per heavy atom. The molecule has 1 aliphatic rings. The van der Waals surface area contributed by atoms with Gasteiger partial charge in [0.2, 0.25) is 15.9 Å². The topological polar surface area (TPSA) is 79.0 Å². The van der Waals surface area contributed by atoms with Crippen LogP contribution in [0.5, 0.6) is 0 Å². The Morgan fingerprint density at radius 2 is 1.81 bits per heavy atom. The Kier molecular flexibility index (Phi) is 7.69. The van der Waals surface area contributed by atoms with Gasteiger partial charge in [0.05, 0.1) is 30.2 Å². The summed E-state index contributed by atoms with van der Waals surface area (Å²) in [4.78, 5) is 15.0. The molecule has 31 heavy (non-hydrogen) atoms. The molecular formula is C21H25Cl2N3O4S. The summed E-state index contributed by atoms with van der Waals surface area (Å²) < 4.78 is 31.2. The minimum atomic E-state index is -3.79. The molecule has 0 spiro atoms. The van der Waals surface area contributed by atoms with Gasteiger partial charge in [-0.2, -0.15) is 0 Å². The second kappa shape index (κ2) is 10.1. The third-order valence-electron chi connectivity index (χ3n) is 5.01. The molecule has 1 N–H and O–H groups in total. The minimum Gasteiger partial charge on any atom is -0.378 e. The van der Waals surface area contributed by atoms with Gasteiger partial charge in [0.15, 0.2) is 0 Å². The van der Waals surface area contributed by atoms with Crippen LogP contribution in [0.4, 0.5) is 11.4 Å². The maximum Gasteiger partial charge on any atom is 0.243 e. The lowest BCUT2D eigenvalue weighted by atomic mass is 10.1. The van der Waals surface area contributed by atoms with Crippen LogP contribution in [-0.4, -0.2) is 52.9 Å². The van der Waals surface area contributed by atoms with E-state index in [1.165, 1.54) is 19.1 Å². The standard InChI is InChI=1S/C21H25Cl2N3O4S/c1-15(26(31(2,28)29)20-13-17(22)5-8-19(20)23)21(27)24-14-16-3-6-18(7-4-16)25-9-11-30-12-10-25/h3-8,13,15H,9-12,14H2,1-2H3,(H,24,27). The normalized spacial score (nSPS) is 15.4. The number of rotatable bonds is 7. The highest BCUT2D eigenvalue weighted by atomic mass is 35.5. The van der Waals surface area contributed by atoms with E-state index in [1.54, 1.807) is 6.07 Å². The SMILES string of the molecule is CC(C(=O)NCc1ccc(N2CCOCC2)cc1)N(c1cc(Cl)ccc1Cl)S(C)(=O)=O. The number of carbonyl (C=O) groups is 1. The lowest BCUT2D eigenvalue weighted by Crippen LogP contribution is -2.47. The van der Waals surface area contributed by atoms with Gasteiger partial charge in [0.25, 0.3) is 0 Å². The second-order valence-corrected chi connectivity index (χ2v) is 10.0. The number of ether oxygens (including phenoxy) is 1. The van der Waals surface area contributed by atoms with Crippen molar-refractivity contribution in [3.8, 4) is 0 Å². The van der Waals surface area contributed by atoms with Crippen molar-refractivity contribution in [3.63, 3.8) is 0 Å². The molecule has 2 aromatic rings. The molecule has 2 aromatic carbocycles. The van der Waals surface area contributed by atoms with Crippen LogP contribution >= 0.6 is 23.2 Å². The molecule has 0 radical (unpaired) electrons. The molecule has 1 aliphatic heterocycles. The van der Waals surface area contributed by atoms with Crippen molar-refractivity contribution < 1.29 is 17.9 Å². The summed E-state index contributed by atoms with van der Waals surface area (Å²) in [5, 5.41) is 3.31. The smallest absolute Gasteiger partial charge is 0.243 e. The first-order valence-corrected chi connectivity index (χ1v) is 12.4. The summed E-state index contributed by atoms with van der Waals surface area (Å²) >= 11 is 12.2. The van der Waals surface area contributed by atoms with Crippen LogP contribution in [0.2, 0.25) is 10.0 Å². The van der Waals surface area contributed by atoms with Crippen LogP contribution in [0.1, 0.15) is 12.5 Å². The number of nitrogens with one attached hydrogen (secondary N) is 1. The molecule has 10 heteroatoms. The van der Waals surface area contributed by atoms with Crippen LogP contribution in [0.3, 0.4) is 0 Å². The molecule has 1 amide bonds. The quantitative estimate of drug-likeness (QED) is 0.650. The number of morpholine rings is 1. The number of hydrogen-bond donors (Lipinski definition) is 1. The fraction of sp³-hybridized carbons (Fsp3) is 0.381. The number of carbonyl (C=O) groups excluding carboxylic acids is 1. The van der Waals surface area contributed by atoms with Crippen LogP contribution in [-0.2, 0) is 26.1 Å². The molecule has 0 saturated carbocycles. The molecule has 7 nitrogen and oxygen atoms in total. The van der Waals surface area contributed by atoms with Gasteiger partial charge in [0.1, 0.15) is 6.04 Å². The van der Waals surface area contributed by atoms with Gasteiger partial charge in [0, 0.05) is 30.3 Å². The molecule has 1 atom stereocenters. The van der Waals surface area contributed by atoms with Gasteiger partial charge < -0.3 is 15.0 Å². The summed E-state index contributed by atoms with van der Waals surface area (Å²) in [6, 6.07) is 11.4. The third-order valence-corrected chi connectivity index (χ3v) is 6.80.